The summed E-state index contributed by atoms with van der Waals surface area (Å²) in [5.74, 6) is 2.78. The van der Waals surface area contributed by atoms with E-state index in [0.717, 1.165) is 18.3 Å². The largest absolute Gasteiger partial charge is 0.0992 e. The van der Waals surface area contributed by atoms with Crippen LogP contribution in [-0.4, -0.2) is 0 Å². The zero-order valence-corrected chi connectivity index (χ0v) is 16.1. The van der Waals surface area contributed by atoms with Crippen LogP contribution in [0.3, 0.4) is 0 Å². The Bertz CT molecular complexity index is 736. The van der Waals surface area contributed by atoms with E-state index in [1.54, 1.807) is 11.1 Å². The molecule has 0 amide bonds. The van der Waals surface area contributed by atoms with Gasteiger partial charge in [-0.05, 0) is 60.2 Å². The molecule has 0 aromatic carbocycles. The molecule has 4 aliphatic rings. The highest BCUT2D eigenvalue weighted by Crippen LogP contribution is 2.55. The summed E-state index contributed by atoms with van der Waals surface area (Å²) in [7, 11) is 0. The molecule has 4 rings (SSSR count). The lowest BCUT2D eigenvalue weighted by Gasteiger charge is -2.43. The Morgan fingerprint density at radius 3 is 2.48 bits per heavy atom. The third-order valence-electron chi connectivity index (χ3n) is 7.11. The molecule has 0 nitrogen and oxygen atoms in total. The maximum absolute atomic E-state index is 4.39. The Morgan fingerprint density at radius 1 is 1.16 bits per heavy atom. The fourth-order valence-electron chi connectivity index (χ4n) is 5.38. The van der Waals surface area contributed by atoms with Crippen LogP contribution in [0, 0.1) is 29.1 Å². The third kappa shape index (κ3) is 2.75. The Balaban J connectivity index is 1.59. The molecular formula is C25H32. The highest BCUT2D eigenvalue weighted by Gasteiger charge is 2.43. The van der Waals surface area contributed by atoms with Gasteiger partial charge in [0.2, 0.25) is 0 Å². The predicted molar refractivity (Wildman–Crippen MR) is 108 cm³/mol. The first-order valence-electron chi connectivity index (χ1n) is 10.1. The van der Waals surface area contributed by atoms with Crippen LogP contribution in [0.1, 0.15) is 52.9 Å². The number of hydrogen-bond donors (Lipinski definition) is 0. The van der Waals surface area contributed by atoms with Gasteiger partial charge in [0.15, 0.2) is 0 Å². The van der Waals surface area contributed by atoms with E-state index in [1.807, 2.05) is 0 Å². The summed E-state index contributed by atoms with van der Waals surface area (Å²) in [6.07, 6.45) is 18.1. The van der Waals surface area contributed by atoms with Gasteiger partial charge in [0, 0.05) is 11.3 Å². The Labute approximate surface area is 153 Å². The molecule has 0 radical (unpaired) electrons. The number of allylic oxidation sites excluding steroid dienone is 10. The first kappa shape index (κ1) is 16.9. The molecule has 0 N–H and O–H groups in total. The molecule has 4 atom stereocenters. The highest BCUT2D eigenvalue weighted by atomic mass is 14.5. The lowest BCUT2D eigenvalue weighted by atomic mass is 9.61. The molecule has 0 saturated heterocycles. The summed E-state index contributed by atoms with van der Waals surface area (Å²) in [6.45, 7) is 15.8. The Hall–Kier alpha value is -1.56. The normalized spacial score (nSPS) is 36.5. The number of rotatable bonds is 5. The van der Waals surface area contributed by atoms with E-state index >= 15 is 0 Å². The van der Waals surface area contributed by atoms with Gasteiger partial charge < -0.3 is 0 Å². The molecule has 1 saturated carbocycles. The van der Waals surface area contributed by atoms with Crippen molar-refractivity contribution in [1.82, 2.24) is 0 Å². The smallest absolute Gasteiger partial charge is 0.0141 e. The zero-order valence-electron chi connectivity index (χ0n) is 16.1. The maximum atomic E-state index is 4.39. The predicted octanol–water partition coefficient (Wildman–Crippen LogP) is 6.95. The van der Waals surface area contributed by atoms with Crippen molar-refractivity contribution in [3.05, 3.63) is 71.4 Å². The molecule has 0 bridgehead atoms. The van der Waals surface area contributed by atoms with Gasteiger partial charge in [0.25, 0.3) is 0 Å². The number of hydrogen-bond acceptors (Lipinski definition) is 0. The first-order valence-corrected chi connectivity index (χ1v) is 10.1. The molecule has 0 aromatic heterocycles. The third-order valence-corrected chi connectivity index (χ3v) is 7.11. The summed E-state index contributed by atoms with van der Waals surface area (Å²) in [5.41, 5.74) is 7.73. The molecule has 0 spiro atoms. The van der Waals surface area contributed by atoms with Gasteiger partial charge in [-0.3, -0.25) is 0 Å². The maximum Gasteiger partial charge on any atom is 0.0141 e. The van der Waals surface area contributed by atoms with Crippen molar-refractivity contribution in [2.45, 2.75) is 52.9 Å². The second-order valence-electron chi connectivity index (χ2n) is 9.34. The summed E-state index contributed by atoms with van der Waals surface area (Å²) in [5, 5.41) is 0. The van der Waals surface area contributed by atoms with E-state index in [4.69, 9.17) is 0 Å². The van der Waals surface area contributed by atoms with Crippen LogP contribution in [0.2, 0.25) is 0 Å². The van der Waals surface area contributed by atoms with E-state index in [0.29, 0.717) is 11.8 Å². The van der Waals surface area contributed by atoms with Gasteiger partial charge >= 0.3 is 0 Å². The Kier molecular flexibility index (Phi) is 4.06. The lowest BCUT2D eigenvalue weighted by Crippen LogP contribution is -2.31. The molecule has 132 valence electrons. The monoisotopic (exact) mass is 332 g/mol. The van der Waals surface area contributed by atoms with Crippen molar-refractivity contribution in [2.75, 3.05) is 0 Å². The van der Waals surface area contributed by atoms with Crippen LogP contribution < -0.4 is 0 Å². The van der Waals surface area contributed by atoms with E-state index in [1.165, 1.54) is 42.4 Å². The average molecular weight is 333 g/mol. The van der Waals surface area contributed by atoms with Crippen molar-refractivity contribution in [3.8, 4) is 0 Å². The molecule has 0 heterocycles. The fourth-order valence-corrected chi connectivity index (χ4v) is 5.38. The van der Waals surface area contributed by atoms with Gasteiger partial charge in [-0.2, -0.15) is 0 Å². The van der Waals surface area contributed by atoms with Crippen LogP contribution in [0.4, 0.5) is 0 Å². The van der Waals surface area contributed by atoms with Gasteiger partial charge in [-0.25, -0.2) is 0 Å². The molecule has 25 heavy (non-hydrogen) atoms. The molecule has 0 aliphatic heterocycles. The van der Waals surface area contributed by atoms with Gasteiger partial charge in [0.1, 0.15) is 0 Å². The van der Waals surface area contributed by atoms with Gasteiger partial charge in [0.05, 0.1) is 0 Å². The minimum Gasteiger partial charge on any atom is -0.0992 e. The van der Waals surface area contributed by atoms with Gasteiger partial charge in [-0.1, -0.05) is 81.9 Å². The zero-order chi connectivity index (χ0) is 17.8. The minimum atomic E-state index is 0.223. The molecule has 4 aliphatic carbocycles. The summed E-state index contributed by atoms with van der Waals surface area (Å²) in [4.78, 5) is 0. The molecule has 0 aromatic rings. The van der Waals surface area contributed by atoms with Crippen LogP contribution >= 0.6 is 0 Å². The second kappa shape index (κ2) is 6.01. The second-order valence-corrected chi connectivity index (χ2v) is 9.34. The van der Waals surface area contributed by atoms with Crippen LogP contribution in [0.25, 0.3) is 0 Å². The van der Waals surface area contributed by atoms with E-state index in [9.17, 15) is 0 Å². The fraction of sp³-hybridized carbons (Fsp3) is 0.520. The van der Waals surface area contributed by atoms with Crippen molar-refractivity contribution in [1.29, 1.82) is 0 Å². The number of fused-ring (bicyclic) bond motifs is 1. The SMILES string of the molecule is C=C1CC(C2=CC(C)(C3=CC=C3)C(CCC(C)C)C2)=CC2CC(=C)C12. The first-order chi connectivity index (χ1) is 11.9. The van der Waals surface area contributed by atoms with Crippen LogP contribution in [0.15, 0.2) is 71.4 Å². The average Bonchev–Trinajstić information content (AvgIpc) is 2.78. The van der Waals surface area contributed by atoms with E-state index < -0.39 is 0 Å². The van der Waals surface area contributed by atoms with Crippen molar-refractivity contribution < 1.29 is 0 Å². The lowest BCUT2D eigenvalue weighted by molar-refractivity contribution is 0.293. The van der Waals surface area contributed by atoms with Crippen molar-refractivity contribution in [2.24, 2.45) is 29.1 Å². The summed E-state index contributed by atoms with van der Waals surface area (Å²) in [6, 6.07) is 0. The van der Waals surface area contributed by atoms with Crippen LogP contribution in [0.5, 0.6) is 0 Å². The topological polar surface area (TPSA) is 0 Å². The van der Waals surface area contributed by atoms with E-state index in [-0.39, 0.29) is 5.41 Å². The minimum absolute atomic E-state index is 0.223. The molecule has 4 unspecified atom stereocenters. The van der Waals surface area contributed by atoms with Gasteiger partial charge in [-0.15, -0.1) is 0 Å². The molecule has 0 heteroatoms. The van der Waals surface area contributed by atoms with E-state index in [2.05, 4.69) is 64.3 Å². The molecule has 1 fully saturated rings. The highest BCUT2D eigenvalue weighted by molar-refractivity contribution is 5.52. The molecular weight excluding hydrogens is 300 g/mol. The Morgan fingerprint density at radius 2 is 1.92 bits per heavy atom. The summed E-state index contributed by atoms with van der Waals surface area (Å²) >= 11 is 0. The summed E-state index contributed by atoms with van der Waals surface area (Å²) < 4.78 is 0. The van der Waals surface area contributed by atoms with Crippen LogP contribution in [-0.2, 0) is 0 Å². The van der Waals surface area contributed by atoms with Crippen molar-refractivity contribution >= 4 is 0 Å². The van der Waals surface area contributed by atoms with Crippen molar-refractivity contribution in [3.63, 3.8) is 0 Å². The standard InChI is InChI=1S/C25H32/c1-16(2)9-10-23-14-21(15-25(23,5)22-7-6-8-22)19-11-17(3)24-18(4)12-20(24)13-19/h6-8,13,15-16,20,23-24H,3-4,9-12,14H2,1-2,5H3. The quantitative estimate of drug-likeness (QED) is 0.478.